The van der Waals surface area contributed by atoms with Crippen LogP contribution in [0.2, 0.25) is 0 Å². The van der Waals surface area contributed by atoms with E-state index in [0.29, 0.717) is 5.92 Å². The number of rotatable bonds is 5. The van der Waals surface area contributed by atoms with E-state index < -0.39 is 0 Å². The number of hydrogen-bond acceptors (Lipinski definition) is 3. The highest BCUT2D eigenvalue weighted by molar-refractivity contribution is 5.85. The van der Waals surface area contributed by atoms with E-state index >= 15 is 0 Å². The van der Waals surface area contributed by atoms with Gasteiger partial charge in [-0.25, -0.2) is 0 Å². The van der Waals surface area contributed by atoms with Crippen LogP contribution < -0.4 is 5.32 Å². The molecule has 0 radical (unpaired) electrons. The molecule has 1 heterocycles. The maximum atomic E-state index is 9.06. The van der Waals surface area contributed by atoms with E-state index in [2.05, 4.69) is 35.6 Å². The number of anilines is 2. The molecule has 0 spiro atoms. The van der Waals surface area contributed by atoms with Crippen molar-refractivity contribution in [2.45, 2.75) is 63.7 Å². The minimum Gasteiger partial charge on any atom is -0.396 e. The average molecular weight is 373 g/mol. The second-order valence-electron chi connectivity index (χ2n) is 7.50. The van der Waals surface area contributed by atoms with Gasteiger partial charge in [-0.3, -0.25) is 4.98 Å². The summed E-state index contributed by atoms with van der Waals surface area (Å²) in [5.74, 6) is 0.645. The molecule has 0 bridgehead atoms. The average Bonchev–Trinajstić information content (AvgIpc) is 3.13. The summed E-state index contributed by atoms with van der Waals surface area (Å²) in [4.78, 5) is 5.05. The zero-order valence-corrected chi connectivity index (χ0v) is 16.2. The molecule has 0 saturated heterocycles. The van der Waals surface area contributed by atoms with Gasteiger partial charge in [-0.1, -0.05) is 31.4 Å². The normalized spacial score (nSPS) is 16.8. The van der Waals surface area contributed by atoms with E-state index in [4.69, 9.17) is 10.1 Å². The molecule has 3 nitrogen and oxygen atoms in total. The molecule has 1 fully saturated rings. The highest BCUT2D eigenvalue weighted by Gasteiger charge is 2.23. The number of aromatic nitrogens is 1. The number of pyridine rings is 1. The molecule has 4 heteroatoms. The van der Waals surface area contributed by atoms with Gasteiger partial charge < -0.3 is 10.4 Å². The molecular formula is C22H29ClN2O. The van der Waals surface area contributed by atoms with E-state index in [9.17, 15) is 0 Å². The van der Waals surface area contributed by atoms with Crippen molar-refractivity contribution in [3.8, 4) is 0 Å². The van der Waals surface area contributed by atoms with E-state index in [1.165, 1.54) is 66.7 Å². The molecule has 0 aliphatic heterocycles. The number of halogens is 1. The van der Waals surface area contributed by atoms with Crippen LogP contribution in [0.25, 0.3) is 0 Å². The van der Waals surface area contributed by atoms with E-state index in [-0.39, 0.29) is 19.0 Å². The molecule has 0 amide bonds. The Hall–Kier alpha value is -1.58. The van der Waals surface area contributed by atoms with Gasteiger partial charge in [-0.05, 0) is 67.9 Å². The third kappa shape index (κ3) is 4.21. The number of aliphatic hydroxyl groups excluding tert-OH is 1. The van der Waals surface area contributed by atoms with Crippen molar-refractivity contribution in [2.75, 3.05) is 11.9 Å². The quantitative estimate of drug-likeness (QED) is 0.746. The number of aliphatic hydroxyl groups is 1. The van der Waals surface area contributed by atoms with Crippen LogP contribution in [-0.2, 0) is 19.3 Å². The van der Waals surface area contributed by atoms with Crippen molar-refractivity contribution in [3.05, 3.63) is 52.8 Å². The fraction of sp³-hybridized carbons (Fsp3) is 0.500. The molecule has 26 heavy (non-hydrogen) atoms. The Bertz CT molecular complexity index is 724. The fourth-order valence-electron chi connectivity index (χ4n) is 4.32. The number of fused-ring (bicyclic) bond motifs is 1. The van der Waals surface area contributed by atoms with Gasteiger partial charge in [0.1, 0.15) is 0 Å². The van der Waals surface area contributed by atoms with Crippen molar-refractivity contribution < 1.29 is 5.11 Å². The lowest BCUT2D eigenvalue weighted by Gasteiger charge is -2.23. The molecule has 0 atom stereocenters. The Morgan fingerprint density at radius 1 is 1.00 bits per heavy atom. The lowest BCUT2D eigenvalue weighted by molar-refractivity contribution is 0.299. The fourth-order valence-corrected chi connectivity index (χ4v) is 4.32. The van der Waals surface area contributed by atoms with Gasteiger partial charge in [0.15, 0.2) is 0 Å². The number of nitrogens with one attached hydrogen (secondary N) is 1. The highest BCUT2D eigenvalue weighted by Crippen LogP contribution is 2.37. The molecule has 1 aromatic carbocycles. The van der Waals surface area contributed by atoms with Gasteiger partial charge in [0.2, 0.25) is 0 Å². The van der Waals surface area contributed by atoms with Crippen LogP contribution in [0.4, 0.5) is 11.4 Å². The van der Waals surface area contributed by atoms with Gasteiger partial charge in [0.25, 0.3) is 0 Å². The second kappa shape index (κ2) is 8.88. The monoisotopic (exact) mass is 372 g/mol. The smallest absolute Gasteiger partial charge is 0.0471 e. The summed E-state index contributed by atoms with van der Waals surface area (Å²) in [7, 11) is 0. The van der Waals surface area contributed by atoms with Crippen LogP contribution in [0, 0.1) is 0 Å². The van der Waals surface area contributed by atoms with Gasteiger partial charge >= 0.3 is 0 Å². The Kier molecular flexibility index (Phi) is 6.55. The van der Waals surface area contributed by atoms with Crippen LogP contribution >= 0.6 is 12.4 Å². The third-order valence-corrected chi connectivity index (χ3v) is 5.73. The van der Waals surface area contributed by atoms with E-state index in [0.717, 1.165) is 24.9 Å². The molecular weight excluding hydrogens is 344 g/mol. The molecule has 2 N–H and O–H groups in total. The molecule has 4 rings (SSSR count). The predicted octanol–water partition coefficient (Wildman–Crippen LogP) is 5.32. The van der Waals surface area contributed by atoms with Crippen LogP contribution in [0.3, 0.4) is 0 Å². The van der Waals surface area contributed by atoms with Crippen molar-refractivity contribution in [2.24, 2.45) is 0 Å². The number of aryl methyl sites for hydroxylation is 1. The minimum absolute atomic E-state index is 0. The zero-order valence-electron chi connectivity index (χ0n) is 15.3. The maximum absolute atomic E-state index is 9.06. The molecule has 2 aromatic rings. The van der Waals surface area contributed by atoms with E-state index in [1.807, 2.05) is 0 Å². The third-order valence-electron chi connectivity index (χ3n) is 5.73. The lowest BCUT2D eigenvalue weighted by atomic mass is 9.86. The van der Waals surface area contributed by atoms with Crippen molar-refractivity contribution in [1.29, 1.82) is 0 Å². The summed E-state index contributed by atoms with van der Waals surface area (Å²) in [6, 6.07) is 10.8. The Morgan fingerprint density at radius 2 is 1.77 bits per heavy atom. The largest absolute Gasteiger partial charge is 0.396 e. The topological polar surface area (TPSA) is 45.1 Å². The molecule has 2 aliphatic carbocycles. The van der Waals surface area contributed by atoms with Gasteiger partial charge in [0.05, 0.1) is 0 Å². The molecule has 140 valence electrons. The first-order valence-electron chi connectivity index (χ1n) is 9.83. The molecule has 0 unspecified atom stereocenters. The zero-order chi connectivity index (χ0) is 17.1. The van der Waals surface area contributed by atoms with Crippen molar-refractivity contribution >= 4 is 23.8 Å². The van der Waals surface area contributed by atoms with Gasteiger partial charge in [-0.2, -0.15) is 0 Å². The summed E-state index contributed by atoms with van der Waals surface area (Å²) >= 11 is 0. The summed E-state index contributed by atoms with van der Waals surface area (Å²) in [6.07, 6.45) is 10.9. The van der Waals surface area contributed by atoms with Crippen LogP contribution in [0.5, 0.6) is 0 Å². The summed E-state index contributed by atoms with van der Waals surface area (Å²) < 4.78 is 0. The van der Waals surface area contributed by atoms with Crippen molar-refractivity contribution in [3.63, 3.8) is 0 Å². The predicted molar refractivity (Wildman–Crippen MR) is 110 cm³/mol. The SMILES string of the molecule is Cl.OCCc1ccc(Nc2cc(C3CCCCC3)nc3c2CCC3)cc1. The van der Waals surface area contributed by atoms with Gasteiger partial charge in [0, 0.05) is 35.3 Å². The number of benzene rings is 1. The first kappa shape index (κ1) is 19.2. The first-order chi connectivity index (χ1) is 12.3. The summed E-state index contributed by atoms with van der Waals surface area (Å²) in [5.41, 5.74) is 7.60. The highest BCUT2D eigenvalue weighted by atomic mass is 35.5. The van der Waals surface area contributed by atoms with Crippen LogP contribution in [0.1, 0.15) is 67.0 Å². The Labute approximate surface area is 162 Å². The summed E-state index contributed by atoms with van der Waals surface area (Å²) in [6.45, 7) is 0.204. The van der Waals surface area contributed by atoms with Crippen LogP contribution in [0.15, 0.2) is 30.3 Å². The lowest BCUT2D eigenvalue weighted by Crippen LogP contribution is -2.09. The second-order valence-corrected chi connectivity index (χ2v) is 7.50. The molecule has 1 saturated carbocycles. The summed E-state index contributed by atoms with van der Waals surface area (Å²) in [5, 5.41) is 12.7. The number of nitrogens with zero attached hydrogens (tertiary/aromatic N) is 1. The molecule has 2 aliphatic rings. The molecule has 1 aromatic heterocycles. The van der Waals surface area contributed by atoms with Crippen LogP contribution in [-0.4, -0.2) is 16.7 Å². The first-order valence-corrected chi connectivity index (χ1v) is 9.83. The van der Waals surface area contributed by atoms with Gasteiger partial charge in [-0.15, -0.1) is 12.4 Å². The van der Waals surface area contributed by atoms with Crippen molar-refractivity contribution in [1.82, 2.24) is 4.98 Å². The Balaban J connectivity index is 0.00000196. The Morgan fingerprint density at radius 3 is 2.50 bits per heavy atom. The van der Waals surface area contributed by atoms with E-state index in [1.54, 1.807) is 0 Å². The maximum Gasteiger partial charge on any atom is 0.0471 e. The minimum atomic E-state index is 0. The standard InChI is InChI=1S/C22H28N2O.ClH/c25-14-13-16-9-11-18(12-10-16)23-22-15-21(17-5-2-1-3-6-17)24-20-8-4-7-19(20)22;/h9-12,15,17,25H,1-8,13-14H2,(H,23,24);1H. The number of hydrogen-bond donors (Lipinski definition) is 2.